The highest BCUT2D eigenvalue weighted by Crippen LogP contribution is 2.33. The lowest BCUT2D eigenvalue weighted by Crippen LogP contribution is -2.34. The van der Waals surface area contributed by atoms with E-state index in [-0.39, 0.29) is 11.8 Å². The van der Waals surface area contributed by atoms with Gasteiger partial charge in [0.2, 0.25) is 5.91 Å². The Morgan fingerprint density at radius 1 is 1.33 bits per heavy atom. The van der Waals surface area contributed by atoms with Crippen molar-refractivity contribution in [2.45, 2.75) is 19.8 Å². The Labute approximate surface area is 117 Å². The number of carbonyl (C=O) groups is 1. The van der Waals surface area contributed by atoms with Gasteiger partial charge in [-0.25, -0.2) is 0 Å². The highest BCUT2D eigenvalue weighted by Gasteiger charge is 2.22. The van der Waals surface area contributed by atoms with Gasteiger partial charge in [-0.1, -0.05) is 29.3 Å². The normalized spacial score (nSPS) is 16.6. The van der Waals surface area contributed by atoms with Gasteiger partial charge in [0.15, 0.2) is 0 Å². The molecule has 1 fully saturated rings. The molecule has 1 aliphatic rings. The van der Waals surface area contributed by atoms with E-state index < -0.39 is 0 Å². The van der Waals surface area contributed by atoms with Crippen molar-refractivity contribution >= 4 is 34.8 Å². The van der Waals surface area contributed by atoms with E-state index >= 15 is 0 Å². The zero-order valence-electron chi connectivity index (χ0n) is 10.2. The summed E-state index contributed by atoms with van der Waals surface area (Å²) >= 11 is 12.2. The molecule has 0 radical (unpaired) electrons. The number of nitrogens with one attached hydrogen (secondary N) is 2. The number of piperidine rings is 1. The summed E-state index contributed by atoms with van der Waals surface area (Å²) in [6, 6.07) is 3.59. The van der Waals surface area contributed by atoms with E-state index in [1.165, 1.54) is 0 Å². The van der Waals surface area contributed by atoms with Crippen molar-refractivity contribution < 1.29 is 4.79 Å². The second-order valence-electron chi connectivity index (χ2n) is 4.57. The van der Waals surface area contributed by atoms with Crippen molar-refractivity contribution in [3.05, 3.63) is 27.7 Å². The molecule has 1 aliphatic heterocycles. The fourth-order valence-electron chi connectivity index (χ4n) is 2.08. The van der Waals surface area contributed by atoms with Gasteiger partial charge in [0.05, 0.1) is 15.7 Å². The third kappa shape index (κ3) is 2.97. The number of hydrogen-bond acceptors (Lipinski definition) is 2. The molecule has 1 amide bonds. The molecule has 1 saturated heterocycles. The summed E-state index contributed by atoms with van der Waals surface area (Å²) in [7, 11) is 0. The van der Waals surface area contributed by atoms with Crippen LogP contribution in [-0.2, 0) is 4.79 Å². The molecule has 0 aliphatic carbocycles. The van der Waals surface area contributed by atoms with Crippen LogP contribution < -0.4 is 10.6 Å². The van der Waals surface area contributed by atoms with Gasteiger partial charge >= 0.3 is 0 Å². The summed E-state index contributed by atoms with van der Waals surface area (Å²) in [5.41, 5.74) is 1.43. The highest BCUT2D eigenvalue weighted by molar-refractivity contribution is 6.40. The van der Waals surface area contributed by atoms with Crippen molar-refractivity contribution in [2.24, 2.45) is 5.92 Å². The van der Waals surface area contributed by atoms with Crippen molar-refractivity contribution in [1.29, 1.82) is 0 Å². The number of amides is 1. The molecule has 2 rings (SSSR count). The van der Waals surface area contributed by atoms with Gasteiger partial charge in [0.25, 0.3) is 0 Å². The molecule has 98 valence electrons. The fourth-order valence-corrected chi connectivity index (χ4v) is 2.55. The average Bonchev–Trinajstić information content (AvgIpc) is 2.40. The molecule has 1 heterocycles. The van der Waals surface area contributed by atoms with Crippen molar-refractivity contribution in [3.8, 4) is 0 Å². The van der Waals surface area contributed by atoms with E-state index in [1.807, 2.05) is 13.0 Å². The van der Waals surface area contributed by atoms with Crippen molar-refractivity contribution in [1.82, 2.24) is 5.32 Å². The molecule has 0 atom stereocenters. The maximum absolute atomic E-state index is 12.1. The number of rotatable bonds is 2. The predicted octanol–water partition coefficient (Wildman–Crippen LogP) is 3.24. The first kappa shape index (κ1) is 13.7. The van der Waals surface area contributed by atoms with Crippen LogP contribution >= 0.6 is 23.2 Å². The number of carbonyl (C=O) groups excluding carboxylic acids is 1. The van der Waals surface area contributed by atoms with Gasteiger partial charge in [-0.3, -0.25) is 4.79 Å². The largest absolute Gasteiger partial charge is 0.323 e. The molecule has 5 heteroatoms. The summed E-state index contributed by atoms with van der Waals surface area (Å²) in [6.45, 7) is 3.65. The molecule has 0 bridgehead atoms. The Morgan fingerprint density at radius 3 is 2.67 bits per heavy atom. The number of halogens is 2. The van der Waals surface area contributed by atoms with Gasteiger partial charge in [0, 0.05) is 5.92 Å². The average molecular weight is 287 g/mol. The first-order valence-corrected chi connectivity index (χ1v) is 6.81. The van der Waals surface area contributed by atoms with Crippen LogP contribution in [0.5, 0.6) is 0 Å². The fraction of sp³-hybridized carbons (Fsp3) is 0.462. The SMILES string of the molecule is Cc1ccc(Cl)c(NC(=O)C2CCNCC2)c1Cl. The van der Waals surface area contributed by atoms with Gasteiger partial charge < -0.3 is 10.6 Å². The molecule has 0 unspecified atom stereocenters. The van der Waals surface area contributed by atoms with E-state index in [2.05, 4.69) is 10.6 Å². The zero-order chi connectivity index (χ0) is 13.1. The molecule has 0 saturated carbocycles. The first-order chi connectivity index (χ1) is 8.59. The second kappa shape index (κ2) is 5.91. The van der Waals surface area contributed by atoms with Crippen LogP contribution in [0.4, 0.5) is 5.69 Å². The summed E-state index contributed by atoms with van der Waals surface area (Å²) in [5, 5.41) is 7.09. The Balaban J connectivity index is 2.13. The molecule has 0 spiro atoms. The van der Waals surface area contributed by atoms with Crippen LogP contribution in [0.3, 0.4) is 0 Å². The molecule has 2 N–H and O–H groups in total. The van der Waals surface area contributed by atoms with Crippen LogP contribution in [0.25, 0.3) is 0 Å². The lowest BCUT2D eigenvalue weighted by Gasteiger charge is -2.22. The minimum atomic E-state index is 0.00546. The maximum atomic E-state index is 12.1. The van der Waals surface area contributed by atoms with Crippen molar-refractivity contribution in [2.75, 3.05) is 18.4 Å². The molecule has 18 heavy (non-hydrogen) atoms. The smallest absolute Gasteiger partial charge is 0.227 e. The van der Waals surface area contributed by atoms with E-state index in [0.29, 0.717) is 15.7 Å². The predicted molar refractivity (Wildman–Crippen MR) is 75.4 cm³/mol. The summed E-state index contributed by atoms with van der Waals surface area (Å²) < 4.78 is 0. The monoisotopic (exact) mass is 286 g/mol. The minimum Gasteiger partial charge on any atom is -0.323 e. The van der Waals surface area contributed by atoms with Crippen LogP contribution in [-0.4, -0.2) is 19.0 Å². The maximum Gasteiger partial charge on any atom is 0.227 e. The van der Waals surface area contributed by atoms with Gasteiger partial charge in [-0.05, 0) is 44.5 Å². The van der Waals surface area contributed by atoms with E-state index in [1.54, 1.807) is 6.07 Å². The number of anilines is 1. The zero-order valence-corrected chi connectivity index (χ0v) is 11.7. The van der Waals surface area contributed by atoms with Crippen LogP contribution in [0, 0.1) is 12.8 Å². The second-order valence-corrected chi connectivity index (χ2v) is 5.35. The Kier molecular flexibility index (Phi) is 4.49. The standard InChI is InChI=1S/C13H16Cl2N2O/c1-8-2-3-10(14)12(11(8)15)17-13(18)9-4-6-16-7-5-9/h2-3,9,16H,4-7H2,1H3,(H,17,18). The Bertz CT molecular complexity index is 457. The van der Waals surface area contributed by atoms with Gasteiger partial charge in [-0.2, -0.15) is 0 Å². The molecular formula is C13H16Cl2N2O. The van der Waals surface area contributed by atoms with Gasteiger partial charge in [0.1, 0.15) is 0 Å². The van der Waals surface area contributed by atoms with Crippen molar-refractivity contribution in [3.63, 3.8) is 0 Å². The number of aryl methyl sites for hydroxylation is 1. The highest BCUT2D eigenvalue weighted by atomic mass is 35.5. The third-order valence-electron chi connectivity index (χ3n) is 3.24. The number of benzene rings is 1. The summed E-state index contributed by atoms with van der Waals surface area (Å²) in [5.74, 6) is 0.0461. The molecule has 1 aromatic carbocycles. The molecule has 3 nitrogen and oxygen atoms in total. The van der Waals surface area contributed by atoms with Crippen LogP contribution in [0.1, 0.15) is 18.4 Å². The lowest BCUT2D eigenvalue weighted by atomic mass is 9.97. The van der Waals surface area contributed by atoms with E-state index in [9.17, 15) is 4.79 Å². The molecule has 1 aromatic rings. The molecular weight excluding hydrogens is 271 g/mol. The Morgan fingerprint density at radius 2 is 2.00 bits per heavy atom. The first-order valence-electron chi connectivity index (χ1n) is 6.06. The summed E-state index contributed by atoms with van der Waals surface area (Å²) in [4.78, 5) is 12.1. The third-order valence-corrected chi connectivity index (χ3v) is 4.04. The Hall–Kier alpha value is -0.770. The quantitative estimate of drug-likeness (QED) is 0.876. The number of hydrogen-bond donors (Lipinski definition) is 2. The summed E-state index contributed by atoms with van der Waals surface area (Å²) in [6.07, 6.45) is 1.71. The molecule has 0 aromatic heterocycles. The topological polar surface area (TPSA) is 41.1 Å². The lowest BCUT2D eigenvalue weighted by molar-refractivity contribution is -0.120. The minimum absolute atomic E-state index is 0.00546. The van der Waals surface area contributed by atoms with Crippen LogP contribution in [0.2, 0.25) is 10.0 Å². The van der Waals surface area contributed by atoms with E-state index in [0.717, 1.165) is 31.5 Å². The van der Waals surface area contributed by atoms with Gasteiger partial charge in [-0.15, -0.1) is 0 Å². The van der Waals surface area contributed by atoms with Crippen LogP contribution in [0.15, 0.2) is 12.1 Å². The van der Waals surface area contributed by atoms with E-state index in [4.69, 9.17) is 23.2 Å².